The van der Waals surface area contributed by atoms with Crippen LogP contribution in [-0.2, 0) is 4.79 Å². The first-order valence-electron chi connectivity index (χ1n) is 5.09. The fourth-order valence-corrected chi connectivity index (χ4v) is 1.34. The number of hydrogen-bond donors (Lipinski definition) is 1. The predicted molar refractivity (Wildman–Crippen MR) is 60.8 cm³/mol. The van der Waals surface area contributed by atoms with Crippen molar-refractivity contribution in [1.82, 2.24) is 0 Å². The monoisotopic (exact) mass is 193 g/mol. The van der Waals surface area contributed by atoms with E-state index in [1.165, 1.54) is 0 Å². The Labute approximate surface area is 86.2 Å². The molecule has 0 bridgehead atoms. The quantitative estimate of drug-likeness (QED) is 0.504. The highest BCUT2D eigenvalue weighted by Gasteiger charge is 2.17. The maximum atomic E-state index is 11.2. The number of rotatable bonds is 1. The number of allylic oxidation sites excluding steroid dienone is 3. The molecule has 0 atom stereocenters. The molecule has 0 saturated heterocycles. The highest BCUT2D eigenvalue weighted by atomic mass is 16.1. The second-order valence-corrected chi connectivity index (χ2v) is 3.11. The number of Topliss-reactive ketones (excluding diaryl/α,β-unsaturated/α-hetero) is 1. The minimum Gasteiger partial charge on any atom is -0.306 e. The SMILES string of the molecule is C=C1C(=O)CCC/C1=C/C(C)=N.CC. The first-order chi connectivity index (χ1) is 6.61. The van der Waals surface area contributed by atoms with Gasteiger partial charge >= 0.3 is 0 Å². The number of hydrogen-bond acceptors (Lipinski definition) is 2. The van der Waals surface area contributed by atoms with Crippen LogP contribution in [0.4, 0.5) is 0 Å². The summed E-state index contributed by atoms with van der Waals surface area (Å²) in [5.41, 5.74) is 2.03. The lowest BCUT2D eigenvalue weighted by Crippen LogP contribution is -2.10. The molecule has 0 heterocycles. The standard InChI is InChI=1S/C10H13NO.C2H6/c1-7(11)6-9-4-3-5-10(12)8(9)2;1-2/h6,11H,2-5H2,1H3;1-2H3/b9-6-,11-7?;. The second kappa shape index (κ2) is 6.30. The van der Waals surface area contributed by atoms with Gasteiger partial charge in [0.25, 0.3) is 0 Å². The molecule has 1 rings (SSSR count). The summed E-state index contributed by atoms with van der Waals surface area (Å²) in [5, 5.41) is 7.26. The first kappa shape index (κ1) is 12.8. The van der Waals surface area contributed by atoms with Crippen LogP contribution in [0.25, 0.3) is 0 Å². The van der Waals surface area contributed by atoms with Crippen molar-refractivity contribution in [1.29, 1.82) is 5.41 Å². The average Bonchev–Trinajstić information content (AvgIpc) is 2.16. The largest absolute Gasteiger partial charge is 0.306 e. The van der Waals surface area contributed by atoms with Gasteiger partial charge in [-0.05, 0) is 31.4 Å². The fraction of sp³-hybridized carbons (Fsp3) is 0.500. The van der Waals surface area contributed by atoms with Crippen molar-refractivity contribution in [2.45, 2.75) is 40.0 Å². The van der Waals surface area contributed by atoms with Crippen molar-refractivity contribution < 1.29 is 4.79 Å². The van der Waals surface area contributed by atoms with Gasteiger partial charge in [-0.25, -0.2) is 0 Å². The van der Waals surface area contributed by atoms with Crippen molar-refractivity contribution in [2.75, 3.05) is 0 Å². The summed E-state index contributed by atoms with van der Waals surface area (Å²) in [6.45, 7) is 9.42. The third-order valence-electron chi connectivity index (χ3n) is 1.96. The van der Waals surface area contributed by atoms with Gasteiger partial charge in [0.05, 0.1) is 0 Å². The van der Waals surface area contributed by atoms with E-state index in [0.29, 0.717) is 17.7 Å². The van der Waals surface area contributed by atoms with E-state index in [2.05, 4.69) is 6.58 Å². The van der Waals surface area contributed by atoms with E-state index >= 15 is 0 Å². The molecule has 1 fully saturated rings. The molecule has 0 unspecified atom stereocenters. The summed E-state index contributed by atoms with van der Waals surface area (Å²) in [4.78, 5) is 11.2. The Morgan fingerprint density at radius 3 is 2.50 bits per heavy atom. The molecular formula is C12H19NO. The normalized spacial score (nSPS) is 18.9. The Balaban J connectivity index is 0.000000791. The van der Waals surface area contributed by atoms with Gasteiger partial charge in [0.2, 0.25) is 0 Å². The summed E-state index contributed by atoms with van der Waals surface area (Å²) >= 11 is 0. The molecule has 0 aromatic rings. The van der Waals surface area contributed by atoms with Crippen LogP contribution in [0.2, 0.25) is 0 Å². The Hall–Kier alpha value is -1.18. The molecular weight excluding hydrogens is 174 g/mol. The van der Waals surface area contributed by atoms with E-state index in [4.69, 9.17) is 5.41 Å². The van der Waals surface area contributed by atoms with Crippen LogP contribution >= 0.6 is 0 Å². The van der Waals surface area contributed by atoms with E-state index in [1.54, 1.807) is 13.0 Å². The smallest absolute Gasteiger partial charge is 0.162 e. The zero-order valence-electron chi connectivity index (χ0n) is 9.31. The van der Waals surface area contributed by atoms with Crippen molar-refractivity contribution in [3.63, 3.8) is 0 Å². The lowest BCUT2D eigenvalue weighted by Gasteiger charge is -2.15. The van der Waals surface area contributed by atoms with E-state index in [1.807, 2.05) is 13.8 Å². The Bertz CT molecular complexity index is 274. The molecule has 0 aromatic heterocycles. The zero-order valence-corrected chi connectivity index (χ0v) is 9.31. The van der Waals surface area contributed by atoms with Gasteiger partial charge in [0, 0.05) is 17.7 Å². The molecule has 0 radical (unpaired) electrons. The predicted octanol–water partition coefficient (Wildman–Crippen LogP) is 3.29. The molecule has 0 aliphatic heterocycles. The lowest BCUT2D eigenvalue weighted by molar-refractivity contribution is -0.115. The molecule has 0 aromatic carbocycles. The van der Waals surface area contributed by atoms with Crippen LogP contribution in [0.15, 0.2) is 23.8 Å². The molecule has 1 N–H and O–H groups in total. The van der Waals surface area contributed by atoms with Crippen LogP contribution in [0, 0.1) is 5.41 Å². The molecule has 0 spiro atoms. The van der Waals surface area contributed by atoms with Gasteiger partial charge in [0.15, 0.2) is 5.78 Å². The molecule has 78 valence electrons. The number of carbonyl (C=O) groups excluding carboxylic acids is 1. The first-order valence-corrected chi connectivity index (χ1v) is 5.09. The molecule has 1 aliphatic rings. The van der Waals surface area contributed by atoms with Crippen LogP contribution in [0.3, 0.4) is 0 Å². The molecule has 1 saturated carbocycles. The summed E-state index contributed by atoms with van der Waals surface area (Å²) in [6, 6.07) is 0. The van der Waals surface area contributed by atoms with Gasteiger partial charge in [-0.1, -0.05) is 20.4 Å². The third kappa shape index (κ3) is 3.69. The highest BCUT2D eigenvalue weighted by molar-refractivity contribution is 6.02. The summed E-state index contributed by atoms with van der Waals surface area (Å²) in [7, 11) is 0. The molecule has 14 heavy (non-hydrogen) atoms. The average molecular weight is 193 g/mol. The minimum atomic E-state index is 0.133. The van der Waals surface area contributed by atoms with E-state index in [-0.39, 0.29) is 5.78 Å². The lowest BCUT2D eigenvalue weighted by atomic mass is 9.89. The Morgan fingerprint density at radius 2 is 2.00 bits per heavy atom. The van der Waals surface area contributed by atoms with Crippen LogP contribution < -0.4 is 0 Å². The van der Waals surface area contributed by atoms with Gasteiger partial charge in [-0.3, -0.25) is 4.79 Å². The summed E-state index contributed by atoms with van der Waals surface area (Å²) < 4.78 is 0. The molecule has 2 heteroatoms. The zero-order chi connectivity index (χ0) is 11.1. The van der Waals surface area contributed by atoms with Gasteiger partial charge in [-0.2, -0.15) is 0 Å². The van der Waals surface area contributed by atoms with Crippen molar-refractivity contribution >= 4 is 11.5 Å². The van der Waals surface area contributed by atoms with Crippen LogP contribution in [0.1, 0.15) is 40.0 Å². The van der Waals surface area contributed by atoms with E-state index in [0.717, 1.165) is 18.4 Å². The van der Waals surface area contributed by atoms with Gasteiger partial charge < -0.3 is 5.41 Å². The van der Waals surface area contributed by atoms with Crippen LogP contribution in [-0.4, -0.2) is 11.5 Å². The topological polar surface area (TPSA) is 40.9 Å². The van der Waals surface area contributed by atoms with Crippen molar-refractivity contribution in [2.24, 2.45) is 0 Å². The Morgan fingerprint density at radius 1 is 1.43 bits per heavy atom. The molecule has 0 amide bonds. The summed E-state index contributed by atoms with van der Waals surface area (Å²) in [5.74, 6) is 0.133. The number of ketones is 1. The van der Waals surface area contributed by atoms with E-state index in [9.17, 15) is 4.79 Å². The molecule has 2 nitrogen and oxygen atoms in total. The maximum Gasteiger partial charge on any atom is 0.162 e. The third-order valence-corrected chi connectivity index (χ3v) is 1.96. The fourth-order valence-electron chi connectivity index (χ4n) is 1.34. The number of nitrogens with one attached hydrogen (secondary N) is 1. The van der Waals surface area contributed by atoms with Crippen molar-refractivity contribution in [3.05, 3.63) is 23.8 Å². The maximum absolute atomic E-state index is 11.2. The molecule has 1 aliphatic carbocycles. The number of carbonyl (C=O) groups is 1. The minimum absolute atomic E-state index is 0.133. The Kier molecular flexibility index (Phi) is 5.77. The van der Waals surface area contributed by atoms with Crippen LogP contribution in [0.5, 0.6) is 0 Å². The van der Waals surface area contributed by atoms with E-state index < -0.39 is 0 Å². The van der Waals surface area contributed by atoms with Crippen molar-refractivity contribution in [3.8, 4) is 0 Å². The van der Waals surface area contributed by atoms with Gasteiger partial charge in [-0.15, -0.1) is 0 Å². The summed E-state index contributed by atoms with van der Waals surface area (Å²) in [6.07, 6.45) is 4.14. The second-order valence-electron chi connectivity index (χ2n) is 3.11. The van der Waals surface area contributed by atoms with Gasteiger partial charge in [0.1, 0.15) is 0 Å². The highest BCUT2D eigenvalue weighted by Crippen LogP contribution is 2.24.